The summed E-state index contributed by atoms with van der Waals surface area (Å²) in [6.45, 7) is 14.1. The van der Waals surface area contributed by atoms with Gasteiger partial charge in [-0.2, -0.15) is 0 Å². The molecule has 158 valence electrons. The summed E-state index contributed by atoms with van der Waals surface area (Å²) >= 11 is 0. The largest absolute Gasteiger partial charge is 0.443 e. The van der Waals surface area contributed by atoms with Crippen molar-refractivity contribution in [2.24, 2.45) is 0 Å². The lowest BCUT2D eigenvalue weighted by molar-refractivity contribution is 0.00373. The molecule has 0 atom stereocenters. The third-order valence-electron chi connectivity index (χ3n) is 2.66. The van der Waals surface area contributed by atoms with E-state index in [9.17, 15) is 14.2 Å². The molecule has 0 unspecified atom stereocenters. The van der Waals surface area contributed by atoms with Crippen molar-refractivity contribution in [1.29, 1.82) is 0 Å². The van der Waals surface area contributed by atoms with Crippen LogP contribution in [0.4, 0.5) is 9.59 Å². The van der Waals surface area contributed by atoms with Gasteiger partial charge in [-0.3, -0.25) is 4.57 Å². The molecule has 0 aromatic rings. The van der Waals surface area contributed by atoms with Crippen molar-refractivity contribution in [3.05, 3.63) is 12.2 Å². The van der Waals surface area contributed by atoms with Crippen LogP contribution in [0.25, 0.3) is 0 Å². The van der Waals surface area contributed by atoms with Gasteiger partial charge < -0.3 is 18.5 Å². The molecule has 0 aliphatic heterocycles. The Bertz CT molecular complexity index is 523. The number of nitrogens with zero attached hydrogens (tertiary/aromatic N) is 1. The van der Waals surface area contributed by atoms with Crippen molar-refractivity contribution in [3.63, 3.8) is 0 Å². The quantitative estimate of drug-likeness (QED) is 0.414. The Balaban J connectivity index is 5.16. The topological polar surface area (TPSA) is 91.4 Å². The Morgan fingerprint density at radius 3 is 1.59 bits per heavy atom. The normalized spacial score (nSPS) is 12.9. The number of ether oxygens (including phenoxy) is 2. The van der Waals surface area contributed by atoms with E-state index in [0.29, 0.717) is 0 Å². The first-order valence-electron chi connectivity index (χ1n) is 8.99. The molecule has 0 aromatic carbocycles. The van der Waals surface area contributed by atoms with E-state index in [0.717, 1.165) is 4.90 Å². The van der Waals surface area contributed by atoms with Crippen LogP contribution in [0, 0.1) is 0 Å². The first kappa shape index (κ1) is 25.6. The Hall–Kier alpha value is -1.37. The number of allylic oxidation sites excluding steroid dienone is 1. The fraction of sp³-hybridized carbons (Fsp3) is 0.778. The number of carbonyl (C=O) groups is 2. The van der Waals surface area contributed by atoms with Gasteiger partial charge in [0.15, 0.2) is 0 Å². The number of carbonyl (C=O) groups excluding carboxylic acids is 2. The van der Waals surface area contributed by atoms with Gasteiger partial charge in [0.05, 0.1) is 25.9 Å². The molecule has 27 heavy (non-hydrogen) atoms. The molecule has 0 fully saturated rings. The van der Waals surface area contributed by atoms with Crippen molar-refractivity contribution in [3.8, 4) is 0 Å². The molecular weight excluding hydrogens is 373 g/mol. The van der Waals surface area contributed by atoms with Crippen molar-refractivity contribution in [2.75, 3.05) is 25.9 Å². The minimum absolute atomic E-state index is 0.0329. The first-order chi connectivity index (χ1) is 12.2. The minimum Gasteiger partial charge on any atom is -0.443 e. The molecule has 0 rings (SSSR count). The smallest absolute Gasteiger partial charge is 0.420 e. The molecule has 2 amide bonds. The van der Waals surface area contributed by atoms with Crippen LogP contribution in [0.2, 0.25) is 0 Å². The van der Waals surface area contributed by atoms with Crippen LogP contribution in [-0.4, -0.2) is 54.2 Å². The highest BCUT2D eigenvalue weighted by Crippen LogP contribution is 2.47. The third kappa shape index (κ3) is 11.8. The summed E-state index contributed by atoms with van der Waals surface area (Å²) in [7, 11) is -3.23. The zero-order valence-corrected chi connectivity index (χ0v) is 18.6. The predicted molar refractivity (Wildman–Crippen MR) is 104 cm³/mol. The third-order valence-corrected chi connectivity index (χ3v) is 4.62. The van der Waals surface area contributed by atoms with E-state index in [2.05, 4.69) is 0 Å². The van der Waals surface area contributed by atoms with E-state index in [4.69, 9.17) is 18.5 Å². The van der Waals surface area contributed by atoms with Gasteiger partial charge in [-0.15, -0.1) is 0 Å². The molecular formula is C18H34NO7P. The molecule has 8 nitrogen and oxygen atoms in total. The van der Waals surface area contributed by atoms with E-state index in [-0.39, 0.29) is 25.9 Å². The first-order valence-corrected chi connectivity index (χ1v) is 10.7. The highest BCUT2D eigenvalue weighted by atomic mass is 31.2. The highest BCUT2D eigenvalue weighted by molar-refractivity contribution is 7.54. The van der Waals surface area contributed by atoms with Gasteiger partial charge >= 0.3 is 19.8 Å². The summed E-state index contributed by atoms with van der Waals surface area (Å²) in [5.41, 5.74) is -1.53. The average Bonchev–Trinajstić information content (AvgIpc) is 2.43. The SMILES string of the molecule is CCOP(=O)(CC=CCN(C(=O)OC(C)(C)C)C(=O)OC(C)(C)C)OCC. The van der Waals surface area contributed by atoms with Gasteiger partial charge in [0.25, 0.3) is 0 Å². The van der Waals surface area contributed by atoms with Crippen LogP contribution in [0.1, 0.15) is 55.4 Å². The Morgan fingerprint density at radius 2 is 1.26 bits per heavy atom. The number of amides is 2. The van der Waals surface area contributed by atoms with E-state index < -0.39 is 31.0 Å². The zero-order chi connectivity index (χ0) is 21.3. The fourth-order valence-electron chi connectivity index (χ4n) is 1.78. The lowest BCUT2D eigenvalue weighted by Crippen LogP contribution is -2.43. The predicted octanol–water partition coefficient (Wildman–Crippen LogP) is 4.98. The number of hydrogen-bond donors (Lipinski definition) is 0. The number of hydrogen-bond acceptors (Lipinski definition) is 7. The molecule has 0 heterocycles. The summed E-state index contributed by atoms with van der Waals surface area (Å²) in [5.74, 6) is 0. The van der Waals surface area contributed by atoms with Gasteiger partial charge in [0, 0.05) is 0 Å². The fourth-order valence-corrected chi connectivity index (χ4v) is 3.26. The van der Waals surface area contributed by atoms with E-state index in [1.54, 1.807) is 61.5 Å². The minimum atomic E-state index is -3.23. The van der Waals surface area contributed by atoms with Gasteiger partial charge in [0.1, 0.15) is 11.2 Å². The molecule has 0 spiro atoms. The summed E-state index contributed by atoms with van der Waals surface area (Å²) < 4.78 is 33.3. The maximum absolute atomic E-state index is 12.4. The Labute approximate surface area is 162 Å². The molecule has 9 heteroatoms. The molecule has 0 saturated carbocycles. The standard InChI is InChI=1S/C18H34NO7P/c1-9-23-27(22,24-10-2)14-12-11-13-19(15(20)25-17(3,4)5)16(21)26-18(6,7)8/h11-12H,9-10,13-14H2,1-8H3. The van der Waals surface area contributed by atoms with Gasteiger partial charge in [0.2, 0.25) is 0 Å². The van der Waals surface area contributed by atoms with Gasteiger partial charge in [-0.05, 0) is 55.4 Å². The van der Waals surface area contributed by atoms with Crippen molar-refractivity contribution < 1.29 is 32.7 Å². The van der Waals surface area contributed by atoms with Crippen LogP contribution in [-0.2, 0) is 23.1 Å². The number of rotatable bonds is 8. The second-order valence-electron chi connectivity index (χ2n) is 7.67. The lowest BCUT2D eigenvalue weighted by Gasteiger charge is -2.28. The molecule has 0 N–H and O–H groups in total. The summed E-state index contributed by atoms with van der Waals surface area (Å²) in [4.78, 5) is 25.5. The molecule has 0 saturated heterocycles. The second kappa shape index (κ2) is 10.8. The maximum Gasteiger partial charge on any atom is 0.420 e. The van der Waals surface area contributed by atoms with Crippen LogP contribution in [0.5, 0.6) is 0 Å². The van der Waals surface area contributed by atoms with Crippen molar-refractivity contribution >= 4 is 19.8 Å². The molecule has 0 aliphatic carbocycles. The van der Waals surface area contributed by atoms with Crippen LogP contribution >= 0.6 is 7.60 Å². The zero-order valence-electron chi connectivity index (χ0n) is 17.7. The van der Waals surface area contributed by atoms with E-state index in [1.165, 1.54) is 6.08 Å². The van der Waals surface area contributed by atoms with Crippen molar-refractivity contribution in [1.82, 2.24) is 4.90 Å². The maximum atomic E-state index is 12.4. The number of imide groups is 1. The van der Waals surface area contributed by atoms with Crippen LogP contribution < -0.4 is 0 Å². The molecule has 0 aromatic heterocycles. The van der Waals surface area contributed by atoms with Crippen molar-refractivity contribution in [2.45, 2.75) is 66.6 Å². The van der Waals surface area contributed by atoms with Gasteiger partial charge in [-0.1, -0.05) is 12.2 Å². The van der Waals surface area contributed by atoms with Crippen LogP contribution in [0.15, 0.2) is 12.2 Å². The van der Waals surface area contributed by atoms with Gasteiger partial charge in [-0.25, -0.2) is 14.5 Å². The van der Waals surface area contributed by atoms with E-state index in [1.807, 2.05) is 0 Å². The summed E-state index contributed by atoms with van der Waals surface area (Å²) in [5, 5.41) is 0. The highest BCUT2D eigenvalue weighted by Gasteiger charge is 2.30. The molecule has 0 bridgehead atoms. The lowest BCUT2D eigenvalue weighted by atomic mass is 10.2. The Morgan fingerprint density at radius 1 is 0.852 bits per heavy atom. The summed E-state index contributed by atoms with van der Waals surface area (Å²) in [6.07, 6.45) is 1.47. The second-order valence-corrected chi connectivity index (χ2v) is 9.78. The molecule has 0 aliphatic rings. The van der Waals surface area contributed by atoms with E-state index >= 15 is 0 Å². The average molecular weight is 407 g/mol. The molecule has 0 radical (unpaired) electrons. The monoisotopic (exact) mass is 407 g/mol. The Kier molecular flexibility index (Phi) is 10.3. The summed E-state index contributed by atoms with van der Waals surface area (Å²) in [6, 6.07) is 0. The van der Waals surface area contributed by atoms with Crippen LogP contribution in [0.3, 0.4) is 0 Å².